The molecular weight excluding hydrogens is 529 g/mol. The molecular formula is C25H38IN5O2. The summed E-state index contributed by atoms with van der Waals surface area (Å²) in [5, 5.41) is 6.86. The molecule has 1 fully saturated rings. The van der Waals surface area contributed by atoms with Gasteiger partial charge in [-0.1, -0.05) is 6.07 Å². The molecule has 2 heterocycles. The Morgan fingerprint density at radius 3 is 2.48 bits per heavy atom. The zero-order valence-electron chi connectivity index (χ0n) is 20.3. The van der Waals surface area contributed by atoms with E-state index in [0.717, 1.165) is 54.0 Å². The van der Waals surface area contributed by atoms with Crippen molar-refractivity contribution in [2.75, 3.05) is 37.7 Å². The van der Waals surface area contributed by atoms with Crippen LogP contribution in [0.15, 0.2) is 41.5 Å². The molecule has 0 radical (unpaired) electrons. The normalized spacial score (nSPS) is 14.4. The van der Waals surface area contributed by atoms with Gasteiger partial charge in [-0.2, -0.15) is 0 Å². The molecule has 0 bridgehead atoms. The minimum atomic E-state index is 0. The fourth-order valence-electron chi connectivity index (χ4n) is 3.79. The van der Waals surface area contributed by atoms with Gasteiger partial charge in [0.1, 0.15) is 5.82 Å². The Labute approximate surface area is 215 Å². The van der Waals surface area contributed by atoms with E-state index in [0.29, 0.717) is 19.8 Å². The fourth-order valence-corrected chi connectivity index (χ4v) is 3.79. The lowest BCUT2D eigenvalue weighted by molar-refractivity contribution is 0.287. The van der Waals surface area contributed by atoms with E-state index < -0.39 is 0 Å². The van der Waals surface area contributed by atoms with Crippen LogP contribution < -0.4 is 25.0 Å². The number of rotatable bonds is 10. The van der Waals surface area contributed by atoms with E-state index in [4.69, 9.17) is 14.5 Å². The van der Waals surface area contributed by atoms with Gasteiger partial charge in [0.2, 0.25) is 0 Å². The van der Waals surface area contributed by atoms with Gasteiger partial charge in [0.15, 0.2) is 17.5 Å². The Balaban J connectivity index is 0.00000385. The van der Waals surface area contributed by atoms with Crippen LogP contribution in [-0.2, 0) is 6.54 Å². The van der Waals surface area contributed by atoms with E-state index in [-0.39, 0.29) is 30.0 Å². The van der Waals surface area contributed by atoms with Crippen molar-refractivity contribution in [2.24, 2.45) is 4.99 Å². The third-order valence-electron chi connectivity index (χ3n) is 5.42. The average Bonchev–Trinajstić information content (AvgIpc) is 3.34. The summed E-state index contributed by atoms with van der Waals surface area (Å²) in [5.74, 6) is 3.39. The highest BCUT2D eigenvalue weighted by Gasteiger charge is 2.14. The summed E-state index contributed by atoms with van der Waals surface area (Å²) >= 11 is 0. The Morgan fingerprint density at radius 1 is 1.06 bits per heavy atom. The number of halogens is 1. The molecule has 1 unspecified atom stereocenters. The second-order valence-corrected chi connectivity index (χ2v) is 7.85. The molecule has 182 valence electrons. The summed E-state index contributed by atoms with van der Waals surface area (Å²) in [6.45, 7) is 12.9. The van der Waals surface area contributed by atoms with E-state index in [1.165, 1.54) is 12.8 Å². The fraction of sp³-hybridized carbons (Fsp3) is 0.520. The summed E-state index contributed by atoms with van der Waals surface area (Å²) in [6.07, 6.45) is 4.37. The third-order valence-corrected chi connectivity index (χ3v) is 5.42. The van der Waals surface area contributed by atoms with Crippen LogP contribution in [0.2, 0.25) is 0 Å². The van der Waals surface area contributed by atoms with E-state index >= 15 is 0 Å². The zero-order chi connectivity index (χ0) is 22.8. The maximum Gasteiger partial charge on any atom is 0.192 e. The maximum atomic E-state index is 5.78. The maximum absolute atomic E-state index is 5.78. The molecule has 0 spiro atoms. The highest BCUT2D eigenvalue weighted by molar-refractivity contribution is 14.0. The minimum Gasteiger partial charge on any atom is -0.490 e. The van der Waals surface area contributed by atoms with E-state index in [9.17, 15) is 0 Å². The number of guanidine groups is 1. The lowest BCUT2D eigenvalue weighted by Gasteiger charge is -2.20. The van der Waals surface area contributed by atoms with Crippen LogP contribution >= 0.6 is 24.0 Å². The van der Waals surface area contributed by atoms with Gasteiger partial charge in [-0.25, -0.2) is 9.98 Å². The molecule has 1 aliphatic rings. The first-order valence-corrected chi connectivity index (χ1v) is 11.8. The molecule has 1 atom stereocenters. The van der Waals surface area contributed by atoms with Gasteiger partial charge in [-0.05, 0) is 75.9 Å². The predicted molar refractivity (Wildman–Crippen MR) is 146 cm³/mol. The Morgan fingerprint density at radius 2 is 1.79 bits per heavy atom. The lowest BCUT2D eigenvalue weighted by atomic mass is 10.1. The van der Waals surface area contributed by atoms with Crippen molar-refractivity contribution in [3.05, 3.63) is 47.7 Å². The summed E-state index contributed by atoms with van der Waals surface area (Å²) in [5.41, 5.74) is 2.27. The van der Waals surface area contributed by atoms with Gasteiger partial charge in [0.05, 0.1) is 25.8 Å². The van der Waals surface area contributed by atoms with Gasteiger partial charge < -0.3 is 25.0 Å². The van der Waals surface area contributed by atoms with Crippen molar-refractivity contribution < 1.29 is 9.47 Å². The van der Waals surface area contributed by atoms with Crippen LogP contribution in [0.1, 0.15) is 57.7 Å². The van der Waals surface area contributed by atoms with Gasteiger partial charge in [-0.3, -0.25) is 0 Å². The molecule has 0 saturated carbocycles. The summed E-state index contributed by atoms with van der Waals surface area (Å²) < 4.78 is 11.5. The molecule has 2 aromatic rings. The van der Waals surface area contributed by atoms with Crippen LogP contribution in [-0.4, -0.2) is 43.8 Å². The standard InChI is InChI=1S/C25H37N5O2.HI/c1-5-26-25(28-18-20-12-13-27-24(16-20)30-14-8-9-15-30)29-19(4)21-10-11-22(31-6-2)23(17-21)32-7-3;/h10-13,16-17,19H,5-9,14-15,18H2,1-4H3,(H2,26,28,29);1H. The van der Waals surface area contributed by atoms with Crippen LogP contribution in [0.4, 0.5) is 5.82 Å². The summed E-state index contributed by atoms with van der Waals surface area (Å²) in [6, 6.07) is 10.3. The quantitative estimate of drug-likeness (QED) is 0.242. The molecule has 7 nitrogen and oxygen atoms in total. The van der Waals surface area contributed by atoms with Crippen LogP contribution in [0.5, 0.6) is 11.5 Å². The van der Waals surface area contributed by atoms with Crippen molar-refractivity contribution >= 4 is 35.8 Å². The predicted octanol–water partition coefficient (Wildman–Crippen LogP) is 4.91. The number of ether oxygens (including phenoxy) is 2. The largest absolute Gasteiger partial charge is 0.490 e. The lowest BCUT2D eigenvalue weighted by Crippen LogP contribution is -2.38. The number of hydrogen-bond donors (Lipinski definition) is 2. The van der Waals surface area contributed by atoms with Crippen molar-refractivity contribution in [3.63, 3.8) is 0 Å². The molecule has 1 aromatic carbocycles. The molecule has 8 heteroatoms. The van der Waals surface area contributed by atoms with E-state index in [1.807, 2.05) is 38.2 Å². The highest BCUT2D eigenvalue weighted by atomic mass is 127. The smallest absolute Gasteiger partial charge is 0.192 e. The second kappa shape index (κ2) is 14.1. The second-order valence-electron chi connectivity index (χ2n) is 7.85. The van der Waals surface area contributed by atoms with Crippen molar-refractivity contribution in [3.8, 4) is 11.5 Å². The number of aliphatic imine (C=N–C) groups is 1. The molecule has 1 saturated heterocycles. The molecule has 1 aromatic heterocycles. The Kier molecular flexibility index (Phi) is 11.6. The van der Waals surface area contributed by atoms with Crippen LogP contribution in [0, 0.1) is 0 Å². The topological polar surface area (TPSA) is 71.0 Å². The molecule has 3 rings (SSSR count). The van der Waals surface area contributed by atoms with E-state index in [2.05, 4.69) is 46.5 Å². The number of pyridine rings is 1. The number of nitrogens with zero attached hydrogens (tertiary/aromatic N) is 3. The monoisotopic (exact) mass is 567 g/mol. The van der Waals surface area contributed by atoms with Gasteiger partial charge in [0.25, 0.3) is 0 Å². The molecule has 0 aliphatic carbocycles. The number of hydrogen-bond acceptors (Lipinski definition) is 5. The first-order chi connectivity index (χ1) is 15.6. The van der Waals surface area contributed by atoms with Crippen LogP contribution in [0.3, 0.4) is 0 Å². The number of benzene rings is 1. The number of anilines is 1. The highest BCUT2D eigenvalue weighted by Crippen LogP contribution is 2.30. The molecule has 33 heavy (non-hydrogen) atoms. The molecule has 0 amide bonds. The third kappa shape index (κ3) is 7.94. The Hall–Kier alpha value is -2.23. The molecule has 2 N–H and O–H groups in total. The SMILES string of the molecule is CCNC(=NCc1ccnc(N2CCCC2)c1)NC(C)c1ccc(OCC)c(OCC)c1.I. The Bertz CT molecular complexity index is 887. The van der Waals surface area contributed by atoms with Crippen molar-refractivity contribution in [1.29, 1.82) is 0 Å². The van der Waals surface area contributed by atoms with Gasteiger partial charge in [-0.15, -0.1) is 24.0 Å². The zero-order valence-corrected chi connectivity index (χ0v) is 22.6. The summed E-state index contributed by atoms with van der Waals surface area (Å²) in [4.78, 5) is 11.7. The summed E-state index contributed by atoms with van der Waals surface area (Å²) in [7, 11) is 0. The first-order valence-electron chi connectivity index (χ1n) is 11.8. The number of nitrogens with one attached hydrogen (secondary N) is 2. The van der Waals surface area contributed by atoms with Crippen LogP contribution in [0.25, 0.3) is 0 Å². The van der Waals surface area contributed by atoms with E-state index in [1.54, 1.807) is 0 Å². The first kappa shape index (κ1) is 27.0. The van der Waals surface area contributed by atoms with Crippen molar-refractivity contribution in [2.45, 2.75) is 53.1 Å². The number of aromatic nitrogens is 1. The van der Waals surface area contributed by atoms with Crippen molar-refractivity contribution in [1.82, 2.24) is 15.6 Å². The molecule has 1 aliphatic heterocycles. The van der Waals surface area contributed by atoms with Gasteiger partial charge in [0, 0.05) is 25.8 Å². The van der Waals surface area contributed by atoms with Gasteiger partial charge >= 0.3 is 0 Å². The average molecular weight is 568 g/mol. The minimum absolute atomic E-state index is 0.